The van der Waals surface area contributed by atoms with Crippen LogP contribution in [-0.4, -0.2) is 16.2 Å². The predicted octanol–water partition coefficient (Wildman–Crippen LogP) is 4.00. The van der Waals surface area contributed by atoms with E-state index in [4.69, 9.17) is 4.52 Å². The topological polar surface area (TPSA) is 63.3 Å². The molecule has 0 unspecified atom stereocenters. The van der Waals surface area contributed by atoms with E-state index in [2.05, 4.69) is 21.1 Å². The number of rotatable bonds is 4. The summed E-state index contributed by atoms with van der Waals surface area (Å²) in [6, 6.07) is 7.32. The Labute approximate surface area is 119 Å². The second-order valence-corrected chi connectivity index (χ2v) is 5.66. The van der Waals surface area contributed by atoms with Crippen LogP contribution in [0.15, 0.2) is 33.3 Å². The summed E-state index contributed by atoms with van der Waals surface area (Å²) in [5.74, 6) is -0.265. The molecule has 0 aliphatic heterocycles. The fourth-order valence-corrected chi connectivity index (χ4v) is 2.12. The number of carbonyl (C=O) groups is 1. The van der Waals surface area contributed by atoms with E-state index in [0.717, 1.165) is 10.0 Å². The van der Waals surface area contributed by atoms with Gasteiger partial charge in [0.1, 0.15) is 11.3 Å². The summed E-state index contributed by atoms with van der Waals surface area (Å²) in [5, 5.41) is 13.3. The van der Waals surface area contributed by atoms with Crippen LogP contribution in [0, 0.1) is 5.92 Å². The number of nitrogens with zero attached hydrogens (tertiary/aromatic N) is 1. The van der Waals surface area contributed by atoms with Crippen LogP contribution < -0.4 is 0 Å². The van der Waals surface area contributed by atoms with Crippen LogP contribution in [0.3, 0.4) is 0 Å². The quantitative estimate of drug-likeness (QED) is 0.923. The number of aromatic carboxylic acids is 1. The Morgan fingerprint density at radius 2 is 2.00 bits per heavy atom. The molecule has 100 valence electrons. The first-order chi connectivity index (χ1) is 8.99. The molecule has 1 heterocycles. The molecule has 4 nitrogen and oxygen atoms in total. The number of carboxylic acids is 1. The highest BCUT2D eigenvalue weighted by atomic mass is 79.9. The summed E-state index contributed by atoms with van der Waals surface area (Å²) in [6.45, 7) is 4.01. The first kappa shape index (κ1) is 13.8. The Kier molecular flexibility index (Phi) is 4.04. The lowest BCUT2D eigenvalue weighted by molar-refractivity contribution is 0.0695. The lowest BCUT2D eigenvalue weighted by atomic mass is 10.0. The van der Waals surface area contributed by atoms with Crippen molar-refractivity contribution in [3.05, 3.63) is 40.1 Å². The minimum absolute atomic E-state index is 0.163. The molecule has 0 aliphatic rings. The molecule has 0 saturated heterocycles. The van der Waals surface area contributed by atoms with E-state index in [9.17, 15) is 9.90 Å². The normalized spacial score (nSPS) is 10.9. The molecule has 0 atom stereocenters. The molecule has 5 heteroatoms. The Morgan fingerprint density at radius 1 is 1.37 bits per heavy atom. The highest BCUT2D eigenvalue weighted by Crippen LogP contribution is 2.28. The minimum atomic E-state index is -1.00. The minimum Gasteiger partial charge on any atom is -0.477 e. The third-order valence-corrected chi connectivity index (χ3v) is 3.22. The molecule has 0 radical (unpaired) electrons. The van der Waals surface area contributed by atoms with Gasteiger partial charge in [0.25, 0.3) is 0 Å². The van der Waals surface area contributed by atoms with Crippen molar-refractivity contribution in [3.8, 4) is 11.3 Å². The number of halogens is 1. The maximum Gasteiger partial charge on any atom is 0.341 e. The first-order valence-electron chi connectivity index (χ1n) is 5.96. The van der Waals surface area contributed by atoms with Gasteiger partial charge in [0, 0.05) is 16.5 Å². The largest absolute Gasteiger partial charge is 0.477 e. The Balaban J connectivity index is 2.48. The zero-order chi connectivity index (χ0) is 14.0. The molecule has 19 heavy (non-hydrogen) atoms. The lowest BCUT2D eigenvalue weighted by Gasteiger charge is -2.02. The van der Waals surface area contributed by atoms with Crippen LogP contribution in [0.25, 0.3) is 11.3 Å². The second kappa shape index (κ2) is 5.57. The number of hydrogen-bond acceptors (Lipinski definition) is 3. The van der Waals surface area contributed by atoms with Crippen molar-refractivity contribution in [2.75, 3.05) is 0 Å². The molecule has 1 aromatic heterocycles. The van der Waals surface area contributed by atoms with Gasteiger partial charge >= 0.3 is 5.97 Å². The van der Waals surface area contributed by atoms with E-state index < -0.39 is 5.97 Å². The van der Waals surface area contributed by atoms with Crippen LogP contribution in [-0.2, 0) is 6.42 Å². The molecular weight excluding hydrogens is 310 g/mol. The van der Waals surface area contributed by atoms with E-state index >= 15 is 0 Å². The van der Waals surface area contributed by atoms with Crippen molar-refractivity contribution < 1.29 is 14.4 Å². The zero-order valence-corrected chi connectivity index (χ0v) is 12.3. The highest BCUT2D eigenvalue weighted by Gasteiger charge is 2.23. The smallest absolute Gasteiger partial charge is 0.341 e. The third kappa shape index (κ3) is 3.04. The van der Waals surface area contributed by atoms with Gasteiger partial charge in [-0.1, -0.05) is 47.1 Å². The Bertz CT molecular complexity index is 587. The monoisotopic (exact) mass is 323 g/mol. The molecule has 0 spiro atoms. The fourth-order valence-electron chi connectivity index (χ4n) is 1.86. The van der Waals surface area contributed by atoms with Gasteiger partial charge in [-0.3, -0.25) is 0 Å². The molecule has 2 rings (SSSR count). The number of benzene rings is 1. The SMILES string of the molecule is CC(C)Cc1onc(-c2ccc(Br)cc2)c1C(=O)O. The van der Waals surface area contributed by atoms with E-state index in [-0.39, 0.29) is 5.56 Å². The van der Waals surface area contributed by atoms with Crippen molar-refractivity contribution in [2.24, 2.45) is 5.92 Å². The van der Waals surface area contributed by atoms with E-state index in [1.807, 2.05) is 38.1 Å². The molecule has 0 saturated carbocycles. The average Bonchev–Trinajstić information content (AvgIpc) is 2.73. The van der Waals surface area contributed by atoms with Gasteiger partial charge in [0.2, 0.25) is 0 Å². The number of hydrogen-bond donors (Lipinski definition) is 1. The fraction of sp³-hybridized carbons (Fsp3) is 0.286. The molecule has 0 bridgehead atoms. The second-order valence-electron chi connectivity index (χ2n) is 4.74. The maximum atomic E-state index is 11.4. The van der Waals surface area contributed by atoms with Crippen LogP contribution >= 0.6 is 15.9 Å². The van der Waals surface area contributed by atoms with E-state index in [1.165, 1.54) is 0 Å². The van der Waals surface area contributed by atoms with Crippen LogP contribution in [0.2, 0.25) is 0 Å². The van der Waals surface area contributed by atoms with Crippen molar-refractivity contribution in [1.82, 2.24) is 5.16 Å². The van der Waals surface area contributed by atoms with Crippen LogP contribution in [0.1, 0.15) is 30.0 Å². The van der Waals surface area contributed by atoms with Gasteiger partial charge in [-0.05, 0) is 18.1 Å². The molecule has 0 amide bonds. The summed E-state index contributed by atoms with van der Waals surface area (Å²) in [5.41, 5.74) is 1.28. The number of aromatic nitrogens is 1. The summed E-state index contributed by atoms with van der Waals surface area (Å²) in [6.07, 6.45) is 0.561. The summed E-state index contributed by atoms with van der Waals surface area (Å²) >= 11 is 3.34. The molecule has 0 aliphatic carbocycles. The summed E-state index contributed by atoms with van der Waals surface area (Å²) in [7, 11) is 0. The molecule has 1 N–H and O–H groups in total. The third-order valence-electron chi connectivity index (χ3n) is 2.69. The van der Waals surface area contributed by atoms with Crippen molar-refractivity contribution in [2.45, 2.75) is 20.3 Å². The first-order valence-corrected chi connectivity index (χ1v) is 6.76. The summed E-state index contributed by atoms with van der Waals surface area (Å²) in [4.78, 5) is 11.4. The molecule has 0 fully saturated rings. The van der Waals surface area contributed by atoms with Crippen LogP contribution in [0.5, 0.6) is 0 Å². The van der Waals surface area contributed by atoms with Crippen LogP contribution in [0.4, 0.5) is 0 Å². The Hall–Kier alpha value is -1.62. The van der Waals surface area contributed by atoms with Gasteiger partial charge in [-0.15, -0.1) is 0 Å². The van der Waals surface area contributed by atoms with Gasteiger partial charge in [-0.2, -0.15) is 0 Å². The number of carboxylic acid groups (broad SMARTS) is 1. The molecule has 2 aromatic rings. The van der Waals surface area contributed by atoms with Gasteiger partial charge in [0.05, 0.1) is 0 Å². The van der Waals surface area contributed by atoms with Crippen molar-refractivity contribution >= 4 is 21.9 Å². The average molecular weight is 324 g/mol. The summed E-state index contributed by atoms with van der Waals surface area (Å²) < 4.78 is 6.14. The highest BCUT2D eigenvalue weighted by molar-refractivity contribution is 9.10. The predicted molar refractivity (Wildman–Crippen MR) is 75.1 cm³/mol. The van der Waals surface area contributed by atoms with Gasteiger partial charge < -0.3 is 9.63 Å². The van der Waals surface area contributed by atoms with Crippen molar-refractivity contribution in [1.29, 1.82) is 0 Å². The Morgan fingerprint density at radius 3 is 2.53 bits per heavy atom. The van der Waals surface area contributed by atoms with Gasteiger partial charge in [-0.25, -0.2) is 4.79 Å². The maximum absolute atomic E-state index is 11.4. The standard InChI is InChI=1S/C14H14BrNO3/c1-8(2)7-11-12(14(17)18)13(16-19-11)9-3-5-10(15)6-4-9/h3-6,8H,7H2,1-2H3,(H,17,18). The zero-order valence-electron chi connectivity index (χ0n) is 10.7. The molecule has 1 aromatic carbocycles. The lowest BCUT2D eigenvalue weighted by Crippen LogP contribution is -2.04. The molecular formula is C14H14BrNO3. The van der Waals surface area contributed by atoms with E-state index in [1.54, 1.807) is 0 Å². The van der Waals surface area contributed by atoms with E-state index in [0.29, 0.717) is 23.8 Å². The van der Waals surface area contributed by atoms with Gasteiger partial charge in [0.15, 0.2) is 5.76 Å². The van der Waals surface area contributed by atoms with Crippen molar-refractivity contribution in [3.63, 3.8) is 0 Å².